The summed E-state index contributed by atoms with van der Waals surface area (Å²) >= 11 is 0. The van der Waals surface area contributed by atoms with Gasteiger partial charge in [-0.25, -0.2) is 0 Å². The molecule has 51 heavy (non-hydrogen) atoms. The molecule has 0 radical (unpaired) electrons. The molecule has 2 bridgehead atoms. The second kappa shape index (κ2) is 23.5. The predicted octanol–water partition coefficient (Wildman–Crippen LogP) is 4.02. The van der Waals surface area contributed by atoms with Crippen LogP contribution in [0.3, 0.4) is 0 Å². The molecule has 4 aliphatic rings. The summed E-state index contributed by atoms with van der Waals surface area (Å²) in [5.41, 5.74) is 11.6. The molecule has 0 aromatic rings. The van der Waals surface area contributed by atoms with Crippen molar-refractivity contribution >= 4 is 30.7 Å². The van der Waals surface area contributed by atoms with Gasteiger partial charge in [0, 0.05) is 6.42 Å². The van der Waals surface area contributed by atoms with Crippen molar-refractivity contribution in [3.63, 3.8) is 0 Å². The predicted molar refractivity (Wildman–Crippen MR) is 202 cm³/mol. The summed E-state index contributed by atoms with van der Waals surface area (Å²) in [4.78, 5) is 52.1. The maximum absolute atomic E-state index is 13.2. The molecule has 0 spiro atoms. The third-order valence-corrected chi connectivity index (χ3v) is 11.5. The van der Waals surface area contributed by atoms with E-state index in [1.165, 1.54) is 57.8 Å². The van der Waals surface area contributed by atoms with Gasteiger partial charge in [-0.1, -0.05) is 85.0 Å². The Bertz CT molecular complexity index is 1070. The van der Waals surface area contributed by atoms with Crippen LogP contribution in [0.2, 0.25) is 0 Å². The molecule has 3 aliphatic carbocycles. The summed E-state index contributed by atoms with van der Waals surface area (Å²) in [5, 5.41) is 11.2. The van der Waals surface area contributed by atoms with Crippen molar-refractivity contribution in [2.45, 2.75) is 173 Å². The smallest absolute Gasteiger partial charge is 0.405 e. The number of unbranched alkanes of at least 4 members (excludes halogenated alkanes) is 12. The molecular weight excluding hydrogens is 647 g/mol. The summed E-state index contributed by atoms with van der Waals surface area (Å²) in [5.74, 6) is -0.256. The molecule has 8 N–H and O–H groups in total. The molecular formula is C38H71BN6O6. The number of nitrogens with two attached hydrogens (primary N) is 2. The molecule has 0 aromatic heterocycles. The quantitative estimate of drug-likeness (QED) is 0.0517. The van der Waals surface area contributed by atoms with E-state index >= 15 is 0 Å². The minimum Gasteiger partial charge on any atom is -0.405 e. The highest BCUT2D eigenvalue weighted by atomic mass is 16.7. The first-order chi connectivity index (χ1) is 24.6. The lowest BCUT2D eigenvalue weighted by atomic mass is 9.47. The molecule has 0 aromatic carbocycles. The van der Waals surface area contributed by atoms with E-state index in [9.17, 15) is 19.2 Å². The molecule has 4 amide bonds. The van der Waals surface area contributed by atoms with Crippen LogP contribution in [-0.2, 0) is 28.5 Å². The highest BCUT2D eigenvalue weighted by molar-refractivity contribution is 6.45. The number of rotatable bonds is 28. The molecule has 2 unspecified atom stereocenters. The second-order valence-corrected chi connectivity index (χ2v) is 15.9. The lowest BCUT2D eigenvalue weighted by molar-refractivity contribution is -0.150. The van der Waals surface area contributed by atoms with E-state index in [1.54, 1.807) is 0 Å². The summed E-state index contributed by atoms with van der Waals surface area (Å²) in [6, 6.07) is -1.54. The Hall–Kier alpha value is -2.22. The molecule has 292 valence electrons. The summed E-state index contributed by atoms with van der Waals surface area (Å²) in [6.45, 7) is 7.51. The third kappa shape index (κ3) is 14.6. The molecule has 12 nitrogen and oxygen atoms in total. The molecule has 6 atom stereocenters. The number of nitrogens with one attached hydrogen (secondary N) is 4. The average Bonchev–Trinajstić information content (AvgIpc) is 3.54. The van der Waals surface area contributed by atoms with Gasteiger partial charge in [0.25, 0.3) is 0 Å². The molecule has 1 heterocycles. The first-order valence-electron chi connectivity index (χ1n) is 20.5. The minimum atomic E-state index is -0.790. The average molecular weight is 719 g/mol. The fourth-order valence-electron chi connectivity index (χ4n) is 8.08. The van der Waals surface area contributed by atoms with Gasteiger partial charge in [0.05, 0.1) is 25.2 Å². The van der Waals surface area contributed by atoms with Gasteiger partial charge in [0.15, 0.2) is 0 Å². The maximum atomic E-state index is 13.2. The van der Waals surface area contributed by atoms with Crippen molar-refractivity contribution in [1.82, 2.24) is 21.3 Å². The van der Waals surface area contributed by atoms with Crippen LogP contribution in [0.1, 0.15) is 149 Å². The highest BCUT2D eigenvalue weighted by Crippen LogP contribution is 2.61. The number of hydrogen-bond acceptors (Lipinski definition) is 8. The van der Waals surface area contributed by atoms with Gasteiger partial charge < -0.3 is 42.0 Å². The number of hydrogen-bond donors (Lipinski definition) is 6. The van der Waals surface area contributed by atoms with E-state index in [0.29, 0.717) is 57.0 Å². The molecule has 4 rings (SSSR count). The lowest BCUT2D eigenvalue weighted by Crippen LogP contribution is -2.59. The standard InChI is InChI=1S/C38H71BN6O6/c1-4-5-6-7-8-9-10-11-12-13-14-21-33(46)44-30(19-15-17-22-40)36(48)42-26-34(47)45-31(20-16-18-23-41)37(49)43-27-39-50-32-25-28-24-29(35(32)51-39)38(28,2)3/h28-32,35H,4-27,40-41H2,1-3H3,(H,42,48)(H,43,49)(H,44,46)(H,45,47)/t28-,29+,30-,31-,32?,35?/m0/s1. The van der Waals surface area contributed by atoms with Crippen LogP contribution in [0.15, 0.2) is 0 Å². The van der Waals surface area contributed by atoms with Gasteiger partial charge in [0.1, 0.15) is 12.1 Å². The third-order valence-electron chi connectivity index (χ3n) is 11.5. The molecule has 3 saturated carbocycles. The Morgan fingerprint density at radius 1 is 0.706 bits per heavy atom. The van der Waals surface area contributed by atoms with Crippen molar-refractivity contribution in [2.24, 2.45) is 28.7 Å². The van der Waals surface area contributed by atoms with E-state index in [-0.39, 0.29) is 42.4 Å². The zero-order chi connectivity index (χ0) is 37.1. The maximum Gasteiger partial charge on any atom is 0.478 e. The van der Waals surface area contributed by atoms with Crippen molar-refractivity contribution in [1.29, 1.82) is 0 Å². The number of amides is 4. The number of carbonyl (C=O) groups excluding carboxylic acids is 4. The van der Waals surface area contributed by atoms with Gasteiger partial charge in [0.2, 0.25) is 23.6 Å². The Morgan fingerprint density at radius 3 is 1.82 bits per heavy atom. The van der Waals surface area contributed by atoms with Gasteiger partial charge in [-0.2, -0.15) is 0 Å². The SMILES string of the molecule is CCCCCCCCCCCCCC(=O)N[C@@H](CCCCN)C(=O)NCC(=O)N[C@@H](CCCCN)C(=O)NCB1OC2C[C@@H]3C[C@H](C2O1)C3(C)C. The normalized spacial score (nSPS) is 22.7. The van der Waals surface area contributed by atoms with Crippen molar-refractivity contribution in [3.05, 3.63) is 0 Å². The van der Waals surface area contributed by atoms with Crippen LogP contribution in [0.4, 0.5) is 0 Å². The van der Waals surface area contributed by atoms with Gasteiger partial charge in [-0.3, -0.25) is 19.2 Å². The van der Waals surface area contributed by atoms with Crippen molar-refractivity contribution in [2.75, 3.05) is 26.1 Å². The van der Waals surface area contributed by atoms with Crippen molar-refractivity contribution < 1.29 is 28.5 Å². The van der Waals surface area contributed by atoms with Crippen LogP contribution < -0.4 is 32.7 Å². The molecule has 1 saturated heterocycles. The van der Waals surface area contributed by atoms with Crippen LogP contribution >= 0.6 is 0 Å². The minimum absolute atomic E-state index is 0.0593. The summed E-state index contributed by atoms with van der Waals surface area (Å²) in [7, 11) is -0.514. The fraction of sp³-hybridized carbons (Fsp3) is 0.895. The fourth-order valence-corrected chi connectivity index (χ4v) is 8.08. The van der Waals surface area contributed by atoms with Crippen molar-refractivity contribution in [3.8, 4) is 0 Å². The van der Waals surface area contributed by atoms with E-state index < -0.39 is 31.0 Å². The Morgan fingerprint density at radius 2 is 1.25 bits per heavy atom. The summed E-state index contributed by atoms with van der Waals surface area (Å²) < 4.78 is 12.4. The van der Waals surface area contributed by atoms with E-state index in [0.717, 1.165) is 38.5 Å². The van der Waals surface area contributed by atoms with E-state index in [4.69, 9.17) is 20.8 Å². The first kappa shape index (κ1) is 43.2. The van der Waals surface area contributed by atoms with Crippen LogP contribution in [-0.4, -0.2) is 81.1 Å². The topological polar surface area (TPSA) is 187 Å². The Labute approximate surface area is 308 Å². The summed E-state index contributed by atoms with van der Waals surface area (Å²) in [6.07, 6.45) is 19.7. The van der Waals surface area contributed by atoms with Gasteiger partial charge in [-0.05, 0) is 88.1 Å². The van der Waals surface area contributed by atoms with Crippen LogP contribution in [0, 0.1) is 17.3 Å². The van der Waals surface area contributed by atoms with Gasteiger partial charge >= 0.3 is 7.12 Å². The zero-order valence-electron chi connectivity index (χ0n) is 32.1. The van der Waals surface area contributed by atoms with Crippen LogP contribution in [0.5, 0.6) is 0 Å². The Kier molecular flexibility index (Phi) is 19.9. The number of carbonyl (C=O) groups is 4. The molecule has 4 fully saturated rings. The Balaban J connectivity index is 1.38. The molecule has 1 aliphatic heterocycles. The second-order valence-electron chi connectivity index (χ2n) is 15.9. The molecule has 13 heteroatoms. The zero-order valence-corrected chi connectivity index (χ0v) is 32.1. The lowest BCUT2D eigenvalue weighted by Gasteiger charge is -2.60. The monoisotopic (exact) mass is 719 g/mol. The van der Waals surface area contributed by atoms with E-state index in [2.05, 4.69) is 42.0 Å². The van der Waals surface area contributed by atoms with Gasteiger partial charge in [-0.15, -0.1) is 0 Å². The largest absolute Gasteiger partial charge is 0.478 e. The van der Waals surface area contributed by atoms with Crippen LogP contribution in [0.25, 0.3) is 0 Å². The first-order valence-corrected chi connectivity index (χ1v) is 20.5. The van der Waals surface area contributed by atoms with E-state index in [1.807, 2.05) is 0 Å². The highest BCUT2D eigenvalue weighted by Gasteiger charge is 2.61.